The molecular weight excluding hydrogens is 492 g/mol. The van der Waals surface area contributed by atoms with Crippen molar-refractivity contribution in [1.29, 1.82) is 0 Å². The Labute approximate surface area is 177 Å². The Morgan fingerprint density at radius 1 is 1.22 bits per heavy atom. The second-order valence-corrected chi connectivity index (χ2v) is 6.50. The molecule has 2 rings (SSSR count). The first kappa shape index (κ1) is 23.5. The molecule has 0 fully saturated rings. The number of halogens is 4. The number of ether oxygens (including phenoxy) is 1. The van der Waals surface area contributed by atoms with Crippen LogP contribution in [-0.2, 0) is 19.1 Å². The SMILES string of the molecule is CCc1cnc(CNC(=NC)NCCOc2ccc(C(F)(F)F)cc2)s1.I. The van der Waals surface area contributed by atoms with Crippen LogP contribution in [0.3, 0.4) is 0 Å². The molecule has 1 aromatic carbocycles. The first-order chi connectivity index (χ1) is 12.4. The first-order valence-electron chi connectivity index (χ1n) is 8.10. The van der Waals surface area contributed by atoms with Gasteiger partial charge in [-0.05, 0) is 30.7 Å². The molecule has 0 unspecified atom stereocenters. The van der Waals surface area contributed by atoms with Crippen LogP contribution in [0.2, 0.25) is 0 Å². The average Bonchev–Trinajstić information content (AvgIpc) is 3.09. The Bertz CT molecular complexity index is 720. The summed E-state index contributed by atoms with van der Waals surface area (Å²) in [6.07, 6.45) is -1.50. The Balaban J connectivity index is 0.00000364. The van der Waals surface area contributed by atoms with Crippen LogP contribution in [0, 0.1) is 0 Å². The van der Waals surface area contributed by atoms with Gasteiger partial charge in [0.05, 0.1) is 18.7 Å². The number of rotatable bonds is 7. The molecule has 27 heavy (non-hydrogen) atoms. The number of nitrogens with one attached hydrogen (secondary N) is 2. The number of hydrogen-bond acceptors (Lipinski definition) is 4. The molecule has 0 radical (unpaired) electrons. The third kappa shape index (κ3) is 7.91. The summed E-state index contributed by atoms with van der Waals surface area (Å²) in [4.78, 5) is 9.66. The predicted molar refractivity (Wildman–Crippen MR) is 112 cm³/mol. The van der Waals surface area contributed by atoms with Crippen molar-refractivity contribution in [3.05, 3.63) is 45.9 Å². The summed E-state index contributed by atoms with van der Waals surface area (Å²) in [6.45, 7) is 3.41. The van der Waals surface area contributed by atoms with Gasteiger partial charge in [0.25, 0.3) is 0 Å². The summed E-state index contributed by atoms with van der Waals surface area (Å²) in [5.74, 6) is 0.992. The zero-order chi connectivity index (χ0) is 19.0. The second kappa shape index (κ2) is 11.3. The van der Waals surface area contributed by atoms with Crippen LogP contribution in [-0.4, -0.2) is 31.1 Å². The number of benzene rings is 1. The summed E-state index contributed by atoms with van der Waals surface area (Å²) in [7, 11) is 1.66. The highest BCUT2D eigenvalue weighted by molar-refractivity contribution is 14.0. The number of guanidine groups is 1. The first-order valence-corrected chi connectivity index (χ1v) is 8.92. The van der Waals surface area contributed by atoms with Crippen LogP contribution in [0.25, 0.3) is 0 Å². The van der Waals surface area contributed by atoms with Crippen molar-refractivity contribution >= 4 is 41.3 Å². The van der Waals surface area contributed by atoms with Crippen molar-refractivity contribution in [3.63, 3.8) is 0 Å². The number of alkyl halides is 3. The van der Waals surface area contributed by atoms with Crippen LogP contribution in [0.5, 0.6) is 5.75 Å². The summed E-state index contributed by atoms with van der Waals surface area (Å²) in [6, 6.07) is 4.62. The molecule has 0 amide bonds. The number of aromatic nitrogens is 1. The fraction of sp³-hybridized carbons (Fsp3) is 0.412. The van der Waals surface area contributed by atoms with Crippen molar-refractivity contribution in [2.45, 2.75) is 26.1 Å². The molecular formula is C17H22F3IN4OS. The average molecular weight is 514 g/mol. The van der Waals surface area contributed by atoms with Crippen molar-refractivity contribution < 1.29 is 17.9 Å². The zero-order valence-corrected chi connectivity index (χ0v) is 18.1. The van der Waals surface area contributed by atoms with Crippen LogP contribution in [0.1, 0.15) is 22.4 Å². The standard InChI is InChI=1S/C17H21F3N4OS.HI/c1-3-14-10-23-15(26-14)11-24-16(21-2)22-8-9-25-13-6-4-12(5-7-13)17(18,19)20;/h4-7,10H,3,8-9,11H2,1-2H3,(H2,21,22,24);1H. The number of aliphatic imine (C=N–C) groups is 1. The molecule has 2 aromatic rings. The third-order valence-corrected chi connectivity index (χ3v) is 4.57. The van der Waals surface area contributed by atoms with Gasteiger partial charge in [-0.15, -0.1) is 35.3 Å². The molecule has 0 saturated carbocycles. The van der Waals surface area contributed by atoms with Gasteiger partial charge >= 0.3 is 6.18 Å². The zero-order valence-electron chi connectivity index (χ0n) is 15.0. The Morgan fingerprint density at radius 2 is 1.93 bits per heavy atom. The fourth-order valence-corrected chi connectivity index (χ4v) is 2.85. The molecule has 0 atom stereocenters. The highest BCUT2D eigenvalue weighted by Gasteiger charge is 2.29. The minimum atomic E-state index is -4.34. The second-order valence-electron chi connectivity index (χ2n) is 5.30. The van der Waals surface area contributed by atoms with Gasteiger partial charge in [-0.2, -0.15) is 13.2 Å². The van der Waals surface area contributed by atoms with E-state index in [1.807, 2.05) is 6.20 Å². The van der Waals surface area contributed by atoms with Gasteiger partial charge < -0.3 is 15.4 Å². The quantitative estimate of drug-likeness (QED) is 0.253. The number of hydrogen-bond donors (Lipinski definition) is 2. The van der Waals surface area contributed by atoms with E-state index in [9.17, 15) is 13.2 Å². The summed E-state index contributed by atoms with van der Waals surface area (Å²) < 4.78 is 42.9. The largest absolute Gasteiger partial charge is 0.492 e. The fourth-order valence-electron chi connectivity index (χ4n) is 2.05. The molecule has 5 nitrogen and oxygen atoms in total. The number of nitrogens with zero attached hydrogens (tertiary/aromatic N) is 2. The molecule has 1 aromatic heterocycles. The van der Waals surface area contributed by atoms with Crippen molar-refractivity contribution in [2.75, 3.05) is 20.2 Å². The van der Waals surface area contributed by atoms with E-state index in [1.165, 1.54) is 17.0 Å². The summed E-state index contributed by atoms with van der Waals surface area (Å²) in [5, 5.41) is 7.21. The lowest BCUT2D eigenvalue weighted by Gasteiger charge is -2.12. The monoisotopic (exact) mass is 514 g/mol. The van der Waals surface area contributed by atoms with E-state index in [0.29, 0.717) is 31.4 Å². The molecule has 0 bridgehead atoms. The Morgan fingerprint density at radius 3 is 2.48 bits per heavy atom. The van der Waals surface area contributed by atoms with E-state index < -0.39 is 11.7 Å². The van der Waals surface area contributed by atoms with Crippen molar-refractivity contribution in [3.8, 4) is 5.75 Å². The molecule has 0 aliphatic rings. The molecule has 10 heteroatoms. The van der Waals surface area contributed by atoms with Crippen molar-refractivity contribution in [2.24, 2.45) is 4.99 Å². The minimum Gasteiger partial charge on any atom is -0.492 e. The van der Waals surface area contributed by atoms with Gasteiger partial charge in [-0.3, -0.25) is 4.99 Å². The van der Waals surface area contributed by atoms with Crippen LogP contribution < -0.4 is 15.4 Å². The van der Waals surface area contributed by atoms with E-state index in [-0.39, 0.29) is 24.0 Å². The maximum atomic E-state index is 12.5. The smallest absolute Gasteiger partial charge is 0.416 e. The maximum Gasteiger partial charge on any atom is 0.416 e. The topological polar surface area (TPSA) is 58.5 Å². The molecule has 1 heterocycles. The lowest BCUT2D eigenvalue weighted by molar-refractivity contribution is -0.137. The minimum absolute atomic E-state index is 0. The van der Waals surface area contributed by atoms with Gasteiger partial charge in [-0.25, -0.2) is 4.98 Å². The predicted octanol–water partition coefficient (Wildman–Crippen LogP) is 4.09. The maximum absolute atomic E-state index is 12.5. The summed E-state index contributed by atoms with van der Waals surface area (Å²) >= 11 is 1.65. The van der Waals surface area contributed by atoms with Crippen LogP contribution in [0.15, 0.2) is 35.5 Å². The molecule has 150 valence electrons. The normalized spacial score (nSPS) is 11.7. The number of thiazole rings is 1. The summed E-state index contributed by atoms with van der Waals surface area (Å²) in [5.41, 5.74) is -0.694. The van der Waals surface area contributed by atoms with Crippen molar-refractivity contribution in [1.82, 2.24) is 15.6 Å². The van der Waals surface area contributed by atoms with Gasteiger partial charge in [0.1, 0.15) is 17.4 Å². The third-order valence-electron chi connectivity index (χ3n) is 3.43. The van der Waals surface area contributed by atoms with E-state index in [0.717, 1.165) is 23.6 Å². The Kier molecular flexibility index (Phi) is 9.84. The lowest BCUT2D eigenvalue weighted by atomic mass is 10.2. The Hall–Kier alpha value is -1.56. The van der Waals surface area contributed by atoms with Crippen LogP contribution in [0.4, 0.5) is 13.2 Å². The van der Waals surface area contributed by atoms with Gasteiger partial charge in [0.2, 0.25) is 0 Å². The molecule has 0 spiro atoms. The van der Waals surface area contributed by atoms with E-state index >= 15 is 0 Å². The van der Waals surface area contributed by atoms with E-state index in [2.05, 4.69) is 27.5 Å². The molecule has 0 saturated heterocycles. The molecule has 0 aliphatic carbocycles. The van der Waals surface area contributed by atoms with Gasteiger partial charge in [0.15, 0.2) is 5.96 Å². The number of aryl methyl sites for hydroxylation is 1. The van der Waals surface area contributed by atoms with Gasteiger partial charge in [0, 0.05) is 18.1 Å². The molecule has 0 aliphatic heterocycles. The lowest BCUT2D eigenvalue weighted by Crippen LogP contribution is -2.38. The van der Waals surface area contributed by atoms with Crippen LogP contribution >= 0.6 is 35.3 Å². The van der Waals surface area contributed by atoms with E-state index in [1.54, 1.807) is 18.4 Å². The highest BCUT2D eigenvalue weighted by atomic mass is 127. The highest BCUT2D eigenvalue weighted by Crippen LogP contribution is 2.30. The molecule has 2 N–H and O–H groups in total. The van der Waals surface area contributed by atoms with E-state index in [4.69, 9.17) is 4.74 Å². The van der Waals surface area contributed by atoms with Gasteiger partial charge in [-0.1, -0.05) is 6.92 Å².